The van der Waals surface area contributed by atoms with Crippen LogP contribution in [-0.4, -0.2) is 49.2 Å². The third-order valence-corrected chi connectivity index (χ3v) is 4.03. The highest BCUT2D eigenvalue weighted by Gasteiger charge is 2.21. The molecule has 1 saturated heterocycles. The van der Waals surface area contributed by atoms with Crippen molar-refractivity contribution in [1.29, 1.82) is 0 Å². The molecule has 5 nitrogen and oxygen atoms in total. The first-order chi connectivity index (χ1) is 11.0. The Balaban J connectivity index is 1.81. The van der Waals surface area contributed by atoms with E-state index in [0.29, 0.717) is 35.3 Å². The summed E-state index contributed by atoms with van der Waals surface area (Å²) < 4.78 is 10.3. The van der Waals surface area contributed by atoms with E-state index >= 15 is 0 Å². The van der Waals surface area contributed by atoms with Gasteiger partial charge in [0.25, 0.3) is 5.91 Å². The molecule has 1 unspecified atom stereocenters. The second kappa shape index (κ2) is 8.34. The van der Waals surface area contributed by atoms with Crippen LogP contribution >= 0.6 is 23.2 Å². The maximum absolute atomic E-state index is 11.9. The molecule has 1 aliphatic heterocycles. The zero-order valence-electron chi connectivity index (χ0n) is 12.6. The van der Waals surface area contributed by atoms with Gasteiger partial charge < -0.3 is 14.4 Å². The van der Waals surface area contributed by atoms with Gasteiger partial charge in [-0.05, 0) is 30.7 Å². The van der Waals surface area contributed by atoms with Crippen molar-refractivity contribution >= 4 is 41.2 Å². The van der Waals surface area contributed by atoms with Gasteiger partial charge in [-0.1, -0.05) is 29.3 Å². The summed E-state index contributed by atoms with van der Waals surface area (Å²) in [4.78, 5) is 25.2. The van der Waals surface area contributed by atoms with Crippen LogP contribution in [0.1, 0.15) is 12.5 Å². The van der Waals surface area contributed by atoms with Crippen molar-refractivity contribution in [3.8, 4) is 0 Å². The van der Waals surface area contributed by atoms with Gasteiger partial charge in [-0.15, -0.1) is 0 Å². The number of rotatable bonds is 4. The van der Waals surface area contributed by atoms with E-state index in [-0.39, 0.29) is 18.6 Å². The fourth-order valence-electron chi connectivity index (χ4n) is 2.10. The molecule has 0 saturated carbocycles. The van der Waals surface area contributed by atoms with Crippen molar-refractivity contribution in [2.24, 2.45) is 0 Å². The fourth-order valence-corrected chi connectivity index (χ4v) is 2.40. The van der Waals surface area contributed by atoms with E-state index in [0.717, 1.165) is 0 Å². The molecule has 0 spiro atoms. The van der Waals surface area contributed by atoms with Crippen LogP contribution < -0.4 is 0 Å². The molecule has 1 atom stereocenters. The van der Waals surface area contributed by atoms with Gasteiger partial charge in [0.1, 0.15) is 0 Å². The largest absolute Gasteiger partial charge is 0.452 e. The summed E-state index contributed by atoms with van der Waals surface area (Å²) in [6, 6.07) is 4.99. The predicted molar refractivity (Wildman–Crippen MR) is 88.4 cm³/mol. The molecule has 1 amide bonds. The summed E-state index contributed by atoms with van der Waals surface area (Å²) in [5.74, 6) is -0.817. The highest BCUT2D eigenvalue weighted by molar-refractivity contribution is 6.42. The van der Waals surface area contributed by atoms with Crippen LogP contribution in [0.5, 0.6) is 0 Å². The minimum atomic E-state index is -0.592. The Morgan fingerprint density at radius 1 is 1.39 bits per heavy atom. The van der Waals surface area contributed by atoms with E-state index < -0.39 is 5.97 Å². The molecule has 0 aliphatic carbocycles. The number of esters is 1. The number of carbonyl (C=O) groups excluding carboxylic acids is 2. The molecule has 1 heterocycles. The van der Waals surface area contributed by atoms with Crippen LogP contribution in [0, 0.1) is 0 Å². The zero-order chi connectivity index (χ0) is 16.8. The Bertz CT molecular complexity index is 618. The first-order valence-electron chi connectivity index (χ1n) is 7.15. The Morgan fingerprint density at radius 3 is 2.87 bits per heavy atom. The smallest absolute Gasteiger partial charge is 0.331 e. The van der Waals surface area contributed by atoms with Gasteiger partial charge in [-0.3, -0.25) is 4.79 Å². The van der Waals surface area contributed by atoms with Gasteiger partial charge in [-0.2, -0.15) is 0 Å². The summed E-state index contributed by atoms with van der Waals surface area (Å²) in [5.41, 5.74) is 0.713. The van der Waals surface area contributed by atoms with Crippen molar-refractivity contribution in [3.63, 3.8) is 0 Å². The molecule has 7 heteroatoms. The molecule has 1 aromatic rings. The molecule has 0 bridgehead atoms. The molecule has 1 aromatic carbocycles. The highest BCUT2D eigenvalue weighted by Crippen LogP contribution is 2.23. The van der Waals surface area contributed by atoms with Crippen molar-refractivity contribution in [3.05, 3.63) is 39.9 Å². The number of hydrogen-bond acceptors (Lipinski definition) is 4. The minimum absolute atomic E-state index is 0.00190. The normalized spacial score (nSPS) is 18.2. The molecular weight excluding hydrogens is 341 g/mol. The molecular formula is C16H17Cl2NO4. The lowest BCUT2D eigenvalue weighted by Gasteiger charge is -2.30. The highest BCUT2D eigenvalue weighted by atomic mass is 35.5. The number of amides is 1. The van der Waals surface area contributed by atoms with Crippen LogP contribution in [0.4, 0.5) is 0 Å². The van der Waals surface area contributed by atoms with Crippen LogP contribution in [0.25, 0.3) is 6.08 Å². The van der Waals surface area contributed by atoms with Gasteiger partial charge in [0.15, 0.2) is 6.61 Å². The van der Waals surface area contributed by atoms with E-state index in [4.69, 9.17) is 32.7 Å². The average Bonchev–Trinajstić information content (AvgIpc) is 2.53. The lowest BCUT2D eigenvalue weighted by Crippen LogP contribution is -2.46. The molecule has 1 aliphatic rings. The van der Waals surface area contributed by atoms with Crippen molar-refractivity contribution in [2.45, 2.75) is 13.0 Å². The summed E-state index contributed by atoms with van der Waals surface area (Å²) in [7, 11) is 0. The molecule has 2 rings (SSSR count). The third kappa shape index (κ3) is 5.53. The number of ether oxygens (including phenoxy) is 2. The minimum Gasteiger partial charge on any atom is -0.452 e. The first-order valence-corrected chi connectivity index (χ1v) is 7.90. The second-order valence-electron chi connectivity index (χ2n) is 5.14. The van der Waals surface area contributed by atoms with E-state index in [1.807, 2.05) is 6.92 Å². The van der Waals surface area contributed by atoms with Gasteiger partial charge in [0, 0.05) is 19.2 Å². The van der Waals surface area contributed by atoms with Gasteiger partial charge in [-0.25, -0.2) is 4.79 Å². The summed E-state index contributed by atoms with van der Waals surface area (Å²) in [6.45, 7) is 3.14. The molecule has 0 aromatic heterocycles. The number of hydrogen-bond donors (Lipinski definition) is 0. The third-order valence-electron chi connectivity index (χ3n) is 3.29. The van der Waals surface area contributed by atoms with Crippen LogP contribution in [0.3, 0.4) is 0 Å². The molecule has 0 radical (unpaired) electrons. The molecule has 124 valence electrons. The Hall–Kier alpha value is -1.56. The average molecular weight is 358 g/mol. The van der Waals surface area contributed by atoms with Gasteiger partial charge in [0.05, 0.1) is 22.8 Å². The fraction of sp³-hybridized carbons (Fsp3) is 0.375. The second-order valence-corrected chi connectivity index (χ2v) is 5.95. The number of morpholine rings is 1. The monoisotopic (exact) mass is 357 g/mol. The Morgan fingerprint density at radius 2 is 2.17 bits per heavy atom. The van der Waals surface area contributed by atoms with Crippen LogP contribution in [0.2, 0.25) is 10.0 Å². The summed E-state index contributed by atoms with van der Waals surface area (Å²) >= 11 is 11.7. The van der Waals surface area contributed by atoms with Gasteiger partial charge in [0.2, 0.25) is 0 Å². The molecule has 1 fully saturated rings. The lowest BCUT2D eigenvalue weighted by molar-refractivity contribution is -0.151. The topological polar surface area (TPSA) is 55.8 Å². The van der Waals surface area contributed by atoms with Crippen molar-refractivity contribution in [1.82, 2.24) is 4.90 Å². The van der Waals surface area contributed by atoms with Crippen LogP contribution in [-0.2, 0) is 19.1 Å². The maximum Gasteiger partial charge on any atom is 0.331 e. The van der Waals surface area contributed by atoms with Crippen molar-refractivity contribution in [2.75, 3.05) is 26.3 Å². The van der Waals surface area contributed by atoms with Crippen molar-refractivity contribution < 1.29 is 19.1 Å². The van der Waals surface area contributed by atoms with Gasteiger partial charge >= 0.3 is 5.97 Å². The standard InChI is InChI=1S/C16H17Cl2NO4/c1-11-9-19(6-7-22-11)15(20)10-23-16(21)5-3-12-2-4-13(17)14(18)8-12/h2-5,8,11H,6-7,9-10H2,1H3/b5-3+. The first kappa shape index (κ1) is 17.8. The number of carbonyl (C=O) groups is 2. The SMILES string of the molecule is CC1CN(C(=O)COC(=O)/C=C/c2ccc(Cl)c(Cl)c2)CCO1. The number of nitrogens with zero attached hydrogens (tertiary/aromatic N) is 1. The molecule has 23 heavy (non-hydrogen) atoms. The van der Waals surface area contributed by atoms with E-state index in [1.54, 1.807) is 29.2 Å². The van der Waals surface area contributed by atoms with Crippen LogP contribution in [0.15, 0.2) is 24.3 Å². The number of halogens is 2. The predicted octanol–water partition coefficient (Wildman–Crippen LogP) is 2.80. The Labute approximate surface area is 144 Å². The van der Waals surface area contributed by atoms with E-state index in [2.05, 4.69) is 0 Å². The zero-order valence-corrected chi connectivity index (χ0v) is 14.1. The molecule has 0 N–H and O–H groups in total. The van der Waals surface area contributed by atoms with E-state index in [9.17, 15) is 9.59 Å². The maximum atomic E-state index is 11.9. The lowest BCUT2D eigenvalue weighted by atomic mass is 10.2. The van der Waals surface area contributed by atoms with E-state index in [1.165, 1.54) is 6.08 Å². The Kier molecular flexibility index (Phi) is 6.45. The number of benzene rings is 1. The quantitative estimate of drug-likeness (QED) is 0.614. The summed E-state index contributed by atoms with van der Waals surface area (Å²) in [5, 5.41) is 0.843. The summed E-state index contributed by atoms with van der Waals surface area (Å²) in [6.07, 6.45) is 2.79.